The van der Waals surface area contributed by atoms with Crippen LogP contribution in [0, 0.1) is 0 Å². The summed E-state index contributed by atoms with van der Waals surface area (Å²) in [6, 6.07) is 5.64. The fraction of sp³-hybridized carbons (Fsp3) is 0.312. The molecule has 0 saturated carbocycles. The minimum Gasteiger partial charge on any atom is -0.348 e. The number of carbonyl (C=O) groups excluding carboxylic acids is 1. The Kier molecular flexibility index (Phi) is 3.91. The summed E-state index contributed by atoms with van der Waals surface area (Å²) in [5.74, 6) is 0.00956. The van der Waals surface area contributed by atoms with Gasteiger partial charge in [-0.2, -0.15) is 5.10 Å². The molecule has 0 aromatic carbocycles. The van der Waals surface area contributed by atoms with Gasteiger partial charge in [0.1, 0.15) is 11.7 Å². The molecule has 3 aromatic heterocycles. The van der Waals surface area contributed by atoms with Crippen molar-refractivity contribution in [3.63, 3.8) is 0 Å². The fourth-order valence-corrected chi connectivity index (χ4v) is 3.66. The predicted octanol–water partition coefficient (Wildman–Crippen LogP) is 1.71. The first-order valence-electron chi connectivity index (χ1n) is 7.81. The van der Waals surface area contributed by atoms with Crippen LogP contribution in [0.2, 0.25) is 0 Å². The summed E-state index contributed by atoms with van der Waals surface area (Å²) in [4.78, 5) is 23.0. The minimum absolute atomic E-state index is 0.00956. The van der Waals surface area contributed by atoms with Crippen LogP contribution in [0.5, 0.6) is 0 Å². The summed E-state index contributed by atoms with van der Waals surface area (Å²) in [5.41, 5.74) is 3.67. The van der Waals surface area contributed by atoms with Gasteiger partial charge in [-0.3, -0.25) is 9.89 Å². The number of imidazole rings is 1. The summed E-state index contributed by atoms with van der Waals surface area (Å²) in [6.45, 7) is 1.25. The molecule has 1 atom stereocenters. The van der Waals surface area contributed by atoms with Crippen LogP contribution < -0.4 is 5.32 Å². The van der Waals surface area contributed by atoms with Crippen molar-refractivity contribution in [1.82, 2.24) is 30.4 Å². The fourth-order valence-electron chi connectivity index (χ4n) is 2.97. The van der Waals surface area contributed by atoms with Gasteiger partial charge < -0.3 is 15.2 Å². The molecule has 24 heavy (non-hydrogen) atoms. The van der Waals surface area contributed by atoms with E-state index in [9.17, 15) is 4.79 Å². The van der Waals surface area contributed by atoms with Crippen molar-refractivity contribution in [2.45, 2.75) is 19.0 Å². The lowest BCUT2D eigenvalue weighted by molar-refractivity contribution is -0.133. The number of hydrogen-bond acceptors (Lipinski definition) is 5. The Morgan fingerprint density at radius 2 is 2.42 bits per heavy atom. The number of rotatable bonds is 4. The molecule has 1 aliphatic heterocycles. The van der Waals surface area contributed by atoms with Crippen molar-refractivity contribution in [2.24, 2.45) is 0 Å². The topological polar surface area (TPSA) is 89.7 Å². The van der Waals surface area contributed by atoms with Crippen molar-refractivity contribution in [3.8, 4) is 10.6 Å². The Bertz CT molecular complexity index is 837. The van der Waals surface area contributed by atoms with E-state index >= 15 is 0 Å². The van der Waals surface area contributed by atoms with Gasteiger partial charge in [0.2, 0.25) is 5.91 Å². The number of aromatic amines is 2. The Labute approximate surface area is 143 Å². The molecule has 0 fully saturated rings. The van der Waals surface area contributed by atoms with Gasteiger partial charge in [0, 0.05) is 25.7 Å². The van der Waals surface area contributed by atoms with E-state index in [-0.39, 0.29) is 11.9 Å². The monoisotopic (exact) mass is 342 g/mol. The van der Waals surface area contributed by atoms with Crippen LogP contribution >= 0.6 is 11.3 Å². The molecule has 0 aliphatic carbocycles. The number of H-pyrrole nitrogens is 2. The second kappa shape index (κ2) is 6.21. The number of nitrogens with zero attached hydrogens (tertiary/aromatic N) is 3. The van der Waals surface area contributed by atoms with E-state index in [2.05, 4.69) is 25.5 Å². The number of carbonyl (C=O) groups is 1. The quantitative estimate of drug-likeness (QED) is 0.673. The maximum absolute atomic E-state index is 12.8. The van der Waals surface area contributed by atoms with Crippen molar-refractivity contribution in [2.75, 3.05) is 13.6 Å². The number of amides is 1. The zero-order chi connectivity index (χ0) is 16.5. The van der Waals surface area contributed by atoms with Gasteiger partial charge in [-0.05, 0) is 17.5 Å². The summed E-state index contributed by atoms with van der Waals surface area (Å²) in [7, 11) is 1.80. The molecule has 7 nitrogen and oxygen atoms in total. The van der Waals surface area contributed by atoms with E-state index in [1.165, 1.54) is 0 Å². The summed E-state index contributed by atoms with van der Waals surface area (Å²) >= 11 is 1.65. The smallest absolute Gasteiger partial charge is 0.246 e. The zero-order valence-corrected chi connectivity index (χ0v) is 14.1. The minimum atomic E-state index is -0.385. The van der Waals surface area contributed by atoms with E-state index in [4.69, 9.17) is 0 Å². The summed E-state index contributed by atoms with van der Waals surface area (Å²) in [5, 5.41) is 12.6. The highest BCUT2D eigenvalue weighted by Gasteiger charge is 2.30. The van der Waals surface area contributed by atoms with Crippen molar-refractivity contribution < 1.29 is 4.79 Å². The third kappa shape index (κ3) is 2.74. The van der Waals surface area contributed by atoms with Crippen LogP contribution in [0.3, 0.4) is 0 Å². The second-order valence-electron chi connectivity index (χ2n) is 5.85. The summed E-state index contributed by atoms with van der Waals surface area (Å²) < 4.78 is 0. The van der Waals surface area contributed by atoms with Crippen LogP contribution in [0.1, 0.15) is 23.1 Å². The van der Waals surface area contributed by atoms with Crippen molar-refractivity contribution >= 4 is 17.2 Å². The average Bonchev–Trinajstić information content (AvgIpc) is 3.33. The van der Waals surface area contributed by atoms with Crippen molar-refractivity contribution in [1.29, 1.82) is 0 Å². The molecule has 1 aliphatic rings. The highest BCUT2D eigenvalue weighted by atomic mass is 32.1. The molecule has 8 heteroatoms. The van der Waals surface area contributed by atoms with Gasteiger partial charge in [-0.1, -0.05) is 6.07 Å². The van der Waals surface area contributed by atoms with Crippen LogP contribution in [0.15, 0.2) is 29.9 Å². The lowest BCUT2D eigenvalue weighted by atomic mass is 10.0. The number of nitrogens with one attached hydrogen (secondary N) is 3. The Balaban J connectivity index is 1.47. The lowest BCUT2D eigenvalue weighted by Crippen LogP contribution is -2.42. The predicted molar refractivity (Wildman–Crippen MR) is 91.4 cm³/mol. The van der Waals surface area contributed by atoms with Gasteiger partial charge in [0.15, 0.2) is 0 Å². The van der Waals surface area contributed by atoms with Crippen LogP contribution in [-0.2, 0) is 17.8 Å². The number of fused-ring (bicyclic) bond motifs is 1. The normalized spacial score (nSPS) is 16.8. The first-order chi connectivity index (χ1) is 11.7. The van der Waals surface area contributed by atoms with Gasteiger partial charge in [0.25, 0.3) is 0 Å². The molecule has 4 heterocycles. The Morgan fingerprint density at radius 1 is 1.50 bits per heavy atom. The van der Waals surface area contributed by atoms with Crippen LogP contribution in [0.25, 0.3) is 10.6 Å². The first kappa shape index (κ1) is 15.1. The maximum atomic E-state index is 12.8. The van der Waals surface area contributed by atoms with Crippen molar-refractivity contribution in [3.05, 3.63) is 47.0 Å². The first-order valence-corrected chi connectivity index (χ1v) is 8.69. The molecule has 1 unspecified atom stereocenters. The molecule has 4 rings (SSSR count). The van der Waals surface area contributed by atoms with E-state index in [1.54, 1.807) is 29.6 Å². The Hall–Kier alpha value is -2.45. The largest absolute Gasteiger partial charge is 0.348 e. The van der Waals surface area contributed by atoms with Gasteiger partial charge in [-0.25, -0.2) is 4.98 Å². The molecule has 124 valence electrons. The molecule has 0 spiro atoms. The number of thiophene rings is 1. The molecule has 0 bridgehead atoms. The van der Waals surface area contributed by atoms with E-state index in [0.29, 0.717) is 6.54 Å². The zero-order valence-electron chi connectivity index (χ0n) is 13.2. The standard InChI is InChI=1S/C16H18N6OS/c1-22(8-10-7-12(21-20-10)13-3-2-6-24-13)16(23)15-14-11(4-5-17-15)18-9-19-14/h2-3,6-7,9,15,17H,4-5,8H2,1H3,(H,18,19)(H,20,21). The number of hydrogen-bond donors (Lipinski definition) is 3. The van der Waals surface area contributed by atoms with Crippen LogP contribution in [0.4, 0.5) is 0 Å². The lowest BCUT2D eigenvalue weighted by Gasteiger charge is -2.26. The highest BCUT2D eigenvalue weighted by molar-refractivity contribution is 7.13. The third-order valence-electron chi connectivity index (χ3n) is 4.18. The van der Waals surface area contributed by atoms with Gasteiger partial charge in [0.05, 0.1) is 29.1 Å². The maximum Gasteiger partial charge on any atom is 0.246 e. The van der Waals surface area contributed by atoms with E-state index < -0.39 is 0 Å². The number of aromatic nitrogens is 4. The highest BCUT2D eigenvalue weighted by Crippen LogP contribution is 2.24. The van der Waals surface area contributed by atoms with Gasteiger partial charge in [-0.15, -0.1) is 11.3 Å². The second-order valence-corrected chi connectivity index (χ2v) is 6.80. The third-order valence-corrected chi connectivity index (χ3v) is 5.08. The molecule has 1 amide bonds. The number of likely N-dealkylation sites (N-methyl/N-ethyl adjacent to an activating group) is 1. The molecule has 3 aromatic rings. The van der Waals surface area contributed by atoms with Crippen LogP contribution in [-0.4, -0.2) is 44.6 Å². The van der Waals surface area contributed by atoms with Gasteiger partial charge >= 0.3 is 0 Å². The molecular weight excluding hydrogens is 324 g/mol. The summed E-state index contributed by atoms with van der Waals surface area (Å²) in [6.07, 6.45) is 2.52. The molecule has 0 radical (unpaired) electrons. The van der Waals surface area contributed by atoms with E-state index in [0.717, 1.165) is 40.6 Å². The van der Waals surface area contributed by atoms with E-state index in [1.807, 2.05) is 23.6 Å². The molecule has 3 N–H and O–H groups in total. The average molecular weight is 342 g/mol. The SMILES string of the molecule is CN(Cc1cc(-c2cccs2)n[nH]1)C(=O)C1NCCc2[nH]cnc21. The molecular formula is C16H18N6OS. The molecule has 0 saturated heterocycles. The Morgan fingerprint density at radius 3 is 3.25 bits per heavy atom.